The minimum atomic E-state index is -1.09. The van der Waals surface area contributed by atoms with Crippen molar-refractivity contribution >= 4 is 11.9 Å². The Morgan fingerprint density at radius 1 is 0.810 bits per heavy atom. The van der Waals surface area contributed by atoms with E-state index in [2.05, 4.69) is 0 Å². The standard InChI is InChI=1S/C17H18O4/c1-16(2)20-14(18)17(15(19)21-16)12-8-4-3-5-7-6(4)10(12)11(7)13(17)9(5)8/h4-13H,3H2,1-2H3/t4-,5+,6?,7?,8?,9?,10?,11?,12?,13?. The number of rotatable bonds is 0. The van der Waals surface area contributed by atoms with Gasteiger partial charge in [-0.05, 0) is 65.6 Å². The largest absolute Gasteiger partial charge is 0.422 e. The number of esters is 2. The Balaban J connectivity index is 1.48. The molecule has 1 saturated heterocycles. The first-order valence-electron chi connectivity index (χ1n) is 8.45. The molecule has 0 amide bonds. The summed E-state index contributed by atoms with van der Waals surface area (Å²) in [5.41, 5.74) is -0.906. The zero-order chi connectivity index (χ0) is 14.0. The number of carbonyl (C=O) groups excluding carboxylic acids is 2. The lowest BCUT2D eigenvalue weighted by atomic mass is 9.60. The van der Waals surface area contributed by atoms with Crippen molar-refractivity contribution < 1.29 is 19.1 Å². The number of cyclic esters (lactones) is 2. The molecular formula is C17H18O4. The van der Waals surface area contributed by atoms with Gasteiger partial charge in [0.25, 0.3) is 5.79 Å². The van der Waals surface area contributed by atoms with Gasteiger partial charge in [-0.25, -0.2) is 0 Å². The molecule has 4 heteroatoms. The highest BCUT2D eigenvalue weighted by molar-refractivity contribution is 6.04. The molecule has 1 heterocycles. The number of carbonyl (C=O) groups is 2. The van der Waals surface area contributed by atoms with Gasteiger partial charge in [0.15, 0.2) is 5.41 Å². The quantitative estimate of drug-likeness (QED) is 0.499. The van der Waals surface area contributed by atoms with Gasteiger partial charge in [-0.1, -0.05) is 0 Å². The van der Waals surface area contributed by atoms with Gasteiger partial charge >= 0.3 is 11.9 Å². The molecule has 7 aliphatic carbocycles. The molecule has 0 aromatic rings. The van der Waals surface area contributed by atoms with Crippen molar-refractivity contribution in [3.8, 4) is 0 Å². The minimum Gasteiger partial charge on any atom is -0.422 e. The van der Waals surface area contributed by atoms with E-state index in [-0.39, 0.29) is 23.8 Å². The molecule has 8 fully saturated rings. The Morgan fingerprint density at radius 2 is 1.29 bits per heavy atom. The smallest absolute Gasteiger partial charge is 0.327 e. The van der Waals surface area contributed by atoms with Gasteiger partial charge < -0.3 is 9.47 Å². The third kappa shape index (κ3) is 0.687. The van der Waals surface area contributed by atoms with Crippen molar-refractivity contribution in [1.29, 1.82) is 0 Å². The van der Waals surface area contributed by atoms with Gasteiger partial charge in [0.05, 0.1) is 0 Å². The van der Waals surface area contributed by atoms with Crippen molar-refractivity contribution in [2.24, 2.45) is 64.6 Å². The van der Waals surface area contributed by atoms with E-state index in [1.807, 2.05) is 0 Å². The zero-order valence-corrected chi connectivity index (χ0v) is 12.1. The molecule has 0 radical (unpaired) electrons. The van der Waals surface area contributed by atoms with Gasteiger partial charge in [-0.2, -0.15) is 0 Å². The Hall–Kier alpha value is -1.06. The number of hydrogen-bond acceptors (Lipinski definition) is 4. The maximum Gasteiger partial charge on any atom is 0.327 e. The molecule has 0 aromatic heterocycles. The molecule has 0 aromatic carbocycles. The van der Waals surface area contributed by atoms with E-state index in [4.69, 9.17) is 9.47 Å². The van der Waals surface area contributed by atoms with Crippen LogP contribution in [0.2, 0.25) is 0 Å². The lowest BCUT2D eigenvalue weighted by molar-refractivity contribution is -0.255. The topological polar surface area (TPSA) is 52.6 Å². The van der Waals surface area contributed by atoms with E-state index < -0.39 is 11.2 Å². The van der Waals surface area contributed by atoms with Crippen molar-refractivity contribution in [3.63, 3.8) is 0 Å². The zero-order valence-electron chi connectivity index (χ0n) is 12.1. The van der Waals surface area contributed by atoms with Crippen molar-refractivity contribution in [1.82, 2.24) is 0 Å². The molecule has 10 atom stereocenters. The molecule has 7 saturated carbocycles. The Morgan fingerprint density at radius 3 is 1.76 bits per heavy atom. The van der Waals surface area contributed by atoms with Gasteiger partial charge in [-0.3, -0.25) is 9.59 Å². The molecule has 4 bridgehead atoms. The summed E-state index contributed by atoms with van der Waals surface area (Å²) in [6, 6.07) is 0. The predicted molar refractivity (Wildman–Crippen MR) is 68.2 cm³/mol. The molecule has 8 rings (SSSR count). The maximum absolute atomic E-state index is 13.0. The van der Waals surface area contributed by atoms with Crippen molar-refractivity contribution in [3.05, 3.63) is 0 Å². The van der Waals surface area contributed by atoms with Crippen LogP contribution in [0.4, 0.5) is 0 Å². The lowest BCUT2D eigenvalue weighted by Crippen LogP contribution is -2.57. The summed E-state index contributed by atoms with van der Waals surface area (Å²) in [6.07, 6.45) is 1.39. The van der Waals surface area contributed by atoms with Gasteiger partial charge in [0, 0.05) is 13.8 Å². The third-order valence-corrected chi connectivity index (χ3v) is 8.81. The summed E-state index contributed by atoms with van der Waals surface area (Å²) in [4.78, 5) is 25.9. The number of hydrogen-bond donors (Lipinski definition) is 0. The Kier molecular flexibility index (Phi) is 1.24. The van der Waals surface area contributed by atoms with Crippen LogP contribution in [0.5, 0.6) is 0 Å². The van der Waals surface area contributed by atoms with Crippen LogP contribution in [-0.2, 0) is 19.1 Å². The second-order valence-electron chi connectivity index (χ2n) is 9.13. The minimum absolute atomic E-state index is 0.249. The highest BCUT2D eigenvalue weighted by Gasteiger charge is 2.96. The van der Waals surface area contributed by atoms with Gasteiger partial charge in [-0.15, -0.1) is 0 Å². The third-order valence-electron chi connectivity index (χ3n) is 8.81. The highest BCUT2D eigenvalue weighted by Crippen LogP contribution is 2.94. The molecule has 110 valence electrons. The van der Waals surface area contributed by atoms with Crippen molar-refractivity contribution in [2.45, 2.75) is 26.1 Å². The maximum atomic E-state index is 13.0. The molecule has 1 aliphatic heterocycles. The fourth-order valence-corrected chi connectivity index (χ4v) is 9.23. The molecule has 21 heavy (non-hydrogen) atoms. The molecule has 8 aliphatic rings. The lowest BCUT2D eigenvalue weighted by Gasteiger charge is -2.44. The average Bonchev–Trinajstić information content (AvgIpc) is 2.95. The second kappa shape index (κ2) is 2.44. The van der Waals surface area contributed by atoms with Crippen molar-refractivity contribution in [2.75, 3.05) is 0 Å². The number of ether oxygens (including phenoxy) is 2. The van der Waals surface area contributed by atoms with E-state index in [0.29, 0.717) is 23.7 Å². The van der Waals surface area contributed by atoms with Crippen LogP contribution in [0.1, 0.15) is 20.3 Å². The van der Waals surface area contributed by atoms with Crippen LogP contribution in [0.15, 0.2) is 0 Å². The first-order valence-corrected chi connectivity index (χ1v) is 8.45. The SMILES string of the molecule is CC1(C)OC(=O)C2(C(=O)O1)C1C3C4C5C3[C@H]3C[C@@H]5C(C13)C42. The Bertz CT molecular complexity index is 608. The summed E-state index contributed by atoms with van der Waals surface area (Å²) >= 11 is 0. The molecule has 4 nitrogen and oxygen atoms in total. The normalized spacial score (nSPS) is 67.1. The average molecular weight is 286 g/mol. The Labute approximate surface area is 122 Å². The van der Waals surface area contributed by atoms with Crippen LogP contribution in [0.25, 0.3) is 0 Å². The van der Waals surface area contributed by atoms with E-state index >= 15 is 0 Å². The summed E-state index contributed by atoms with van der Waals surface area (Å²) in [7, 11) is 0. The van der Waals surface area contributed by atoms with E-state index in [1.54, 1.807) is 13.8 Å². The fourth-order valence-electron chi connectivity index (χ4n) is 9.23. The summed E-state index contributed by atoms with van der Waals surface area (Å²) in [6.45, 7) is 3.33. The van der Waals surface area contributed by atoms with E-state index in [1.165, 1.54) is 6.42 Å². The van der Waals surface area contributed by atoms with Crippen LogP contribution >= 0.6 is 0 Å². The predicted octanol–water partition coefficient (Wildman–Crippen LogP) is 1.44. The van der Waals surface area contributed by atoms with Crippen LogP contribution in [-0.4, -0.2) is 17.7 Å². The molecule has 8 unspecified atom stereocenters. The first kappa shape index (κ1) is 10.6. The fraction of sp³-hybridized carbons (Fsp3) is 0.882. The van der Waals surface area contributed by atoms with Crippen LogP contribution < -0.4 is 0 Å². The van der Waals surface area contributed by atoms with Crippen LogP contribution in [0, 0.1) is 64.6 Å². The summed E-state index contributed by atoms with van der Waals surface area (Å²) in [5.74, 6) is 4.78. The molecule has 1 spiro atoms. The first-order chi connectivity index (χ1) is 9.98. The molecule has 0 N–H and O–H groups in total. The van der Waals surface area contributed by atoms with E-state index in [0.717, 1.165) is 23.7 Å². The second-order valence-corrected chi connectivity index (χ2v) is 9.13. The summed E-state index contributed by atoms with van der Waals surface area (Å²) < 4.78 is 11.2. The monoisotopic (exact) mass is 286 g/mol. The summed E-state index contributed by atoms with van der Waals surface area (Å²) in [5, 5.41) is 0. The van der Waals surface area contributed by atoms with Crippen LogP contribution in [0.3, 0.4) is 0 Å². The van der Waals surface area contributed by atoms with Gasteiger partial charge in [0.2, 0.25) is 0 Å². The van der Waals surface area contributed by atoms with E-state index in [9.17, 15) is 9.59 Å². The molecular weight excluding hydrogens is 268 g/mol. The van der Waals surface area contributed by atoms with Gasteiger partial charge in [0.1, 0.15) is 0 Å². The highest BCUT2D eigenvalue weighted by atomic mass is 16.7.